The predicted octanol–water partition coefficient (Wildman–Crippen LogP) is 6.70. The minimum atomic E-state index is -0.276. The van der Waals surface area contributed by atoms with Gasteiger partial charge in [0.1, 0.15) is 6.61 Å². The molecule has 3 aromatic carbocycles. The van der Waals surface area contributed by atoms with Crippen LogP contribution in [0.25, 0.3) is 33.5 Å². The van der Waals surface area contributed by atoms with Crippen molar-refractivity contribution in [3.8, 4) is 50.9 Å². The third-order valence-electron chi connectivity index (χ3n) is 10.2. The standard InChI is InChI=1S/C39H42Cl2N4O5/c1-24-18-27(46)21-45(24)16-17-50-33-13-11-25(19-34(33)48-2)28-6-4-7-29(36(28)40)30-8-5-9-31(37(30)41)32-12-10-26(38(42-32)49-3)20-44-22-39(23-44)15-14-35(47)43-39/h4-13,19,24,27,46H,14-18,20-23H2,1-3H3,(H,43,47)/t24-,27+/m1/s1. The molecule has 1 aromatic heterocycles. The van der Waals surface area contributed by atoms with E-state index in [0.717, 1.165) is 65.9 Å². The third kappa shape index (κ3) is 6.90. The average molecular weight is 718 g/mol. The van der Waals surface area contributed by atoms with Crippen molar-refractivity contribution in [1.29, 1.82) is 0 Å². The molecule has 1 spiro atoms. The molecule has 11 heteroatoms. The van der Waals surface area contributed by atoms with Crippen LogP contribution in [-0.4, -0.2) is 90.5 Å². The number of hydrogen-bond donors (Lipinski definition) is 2. The van der Waals surface area contributed by atoms with E-state index in [1.807, 2.05) is 66.7 Å². The van der Waals surface area contributed by atoms with Crippen LogP contribution >= 0.6 is 23.2 Å². The van der Waals surface area contributed by atoms with Crippen molar-refractivity contribution in [2.24, 2.45) is 0 Å². The number of ether oxygens (including phenoxy) is 3. The number of β-amino-alcohol motifs (C(OH)–C–C–N with tert-alkyl or cyclic N) is 1. The van der Waals surface area contributed by atoms with Crippen LogP contribution in [-0.2, 0) is 11.3 Å². The molecular weight excluding hydrogens is 675 g/mol. The molecule has 1 amide bonds. The number of methoxy groups -OCH3 is 2. The van der Waals surface area contributed by atoms with Crippen LogP contribution in [0.5, 0.6) is 17.4 Å². The topological polar surface area (TPSA) is 96.4 Å². The Balaban J connectivity index is 1.09. The monoisotopic (exact) mass is 716 g/mol. The Labute approximate surface area is 303 Å². The van der Waals surface area contributed by atoms with Gasteiger partial charge in [-0.25, -0.2) is 4.98 Å². The van der Waals surface area contributed by atoms with Crippen LogP contribution in [0.2, 0.25) is 10.0 Å². The van der Waals surface area contributed by atoms with Crippen LogP contribution in [0.3, 0.4) is 0 Å². The molecule has 7 rings (SSSR count). The third-order valence-corrected chi connectivity index (χ3v) is 11.0. The van der Waals surface area contributed by atoms with E-state index in [1.54, 1.807) is 14.2 Å². The number of aromatic nitrogens is 1. The number of aliphatic hydroxyl groups excluding tert-OH is 1. The summed E-state index contributed by atoms with van der Waals surface area (Å²) in [6, 6.07) is 21.9. The smallest absolute Gasteiger partial charge is 0.220 e. The number of benzene rings is 3. The van der Waals surface area contributed by atoms with Crippen molar-refractivity contribution in [2.45, 2.75) is 50.4 Å². The quantitative estimate of drug-likeness (QED) is 0.177. The summed E-state index contributed by atoms with van der Waals surface area (Å²) < 4.78 is 17.5. The molecule has 3 saturated heterocycles. The highest BCUT2D eigenvalue weighted by Gasteiger charge is 2.47. The van der Waals surface area contributed by atoms with Gasteiger partial charge in [0.15, 0.2) is 11.5 Å². The molecule has 3 aliphatic rings. The lowest BCUT2D eigenvalue weighted by molar-refractivity contribution is -0.120. The second kappa shape index (κ2) is 14.4. The Kier molecular flexibility index (Phi) is 9.96. The van der Waals surface area contributed by atoms with Crippen molar-refractivity contribution in [3.63, 3.8) is 0 Å². The molecule has 0 bridgehead atoms. The zero-order chi connectivity index (χ0) is 35.0. The minimum absolute atomic E-state index is 0.0768. The molecule has 2 N–H and O–H groups in total. The minimum Gasteiger partial charge on any atom is -0.493 e. The van der Waals surface area contributed by atoms with Gasteiger partial charge in [0.05, 0.1) is 41.6 Å². The largest absolute Gasteiger partial charge is 0.493 e. The molecule has 3 aliphatic heterocycles. The lowest BCUT2D eigenvalue weighted by atomic mass is 9.88. The van der Waals surface area contributed by atoms with Gasteiger partial charge in [-0.05, 0) is 43.5 Å². The SMILES string of the molecule is COc1cc(-c2cccc(-c3cccc(-c4ccc(CN5CC6(CCC(=O)N6)C5)c(OC)n4)c3Cl)c2Cl)ccc1OCCN1C[C@@H](O)C[C@H]1C. The van der Waals surface area contributed by atoms with Gasteiger partial charge < -0.3 is 24.6 Å². The maximum atomic E-state index is 11.7. The highest BCUT2D eigenvalue weighted by Crippen LogP contribution is 2.44. The molecule has 3 fully saturated rings. The first-order valence-electron chi connectivity index (χ1n) is 17.1. The number of hydrogen-bond acceptors (Lipinski definition) is 8. The maximum absolute atomic E-state index is 11.7. The molecule has 0 aliphatic carbocycles. The first kappa shape index (κ1) is 34.6. The number of rotatable bonds is 11. The van der Waals surface area contributed by atoms with Crippen LogP contribution in [0.1, 0.15) is 31.7 Å². The molecule has 9 nitrogen and oxygen atoms in total. The van der Waals surface area contributed by atoms with Gasteiger partial charge in [-0.3, -0.25) is 14.6 Å². The van der Waals surface area contributed by atoms with E-state index in [4.69, 9.17) is 42.4 Å². The van der Waals surface area contributed by atoms with E-state index in [-0.39, 0.29) is 17.6 Å². The molecule has 50 heavy (non-hydrogen) atoms. The number of amides is 1. The summed E-state index contributed by atoms with van der Waals surface area (Å²) in [5.41, 5.74) is 5.68. The summed E-state index contributed by atoms with van der Waals surface area (Å²) in [4.78, 5) is 21.1. The van der Waals surface area contributed by atoms with E-state index in [1.165, 1.54) is 0 Å². The Bertz CT molecular complexity index is 1900. The fraction of sp³-hybridized carbons (Fsp3) is 0.385. The van der Waals surface area contributed by atoms with Gasteiger partial charge in [0.2, 0.25) is 11.8 Å². The zero-order valence-electron chi connectivity index (χ0n) is 28.5. The summed E-state index contributed by atoms with van der Waals surface area (Å²) in [6.07, 6.45) is 2.00. The lowest BCUT2D eigenvalue weighted by Crippen LogP contribution is -2.66. The molecule has 2 atom stereocenters. The summed E-state index contributed by atoms with van der Waals surface area (Å²) >= 11 is 14.3. The molecule has 4 aromatic rings. The van der Waals surface area contributed by atoms with Crippen LogP contribution in [0.15, 0.2) is 66.7 Å². The predicted molar refractivity (Wildman–Crippen MR) is 196 cm³/mol. The number of aliphatic hydroxyl groups is 1. The number of halogens is 2. The second-order valence-corrected chi connectivity index (χ2v) is 14.4. The number of carbonyl (C=O) groups is 1. The van der Waals surface area contributed by atoms with E-state index in [2.05, 4.69) is 22.0 Å². The van der Waals surface area contributed by atoms with Gasteiger partial charge in [0.25, 0.3) is 0 Å². The van der Waals surface area contributed by atoms with Gasteiger partial charge >= 0.3 is 0 Å². The van der Waals surface area contributed by atoms with Crippen LogP contribution in [0, 0.1) is 0 Å². The van der Waals surface area contributed by atoms with Crippen molar-refractivity contribution in [2.75, 3.05) is 47.0 Å². The van der Waals surface area contributed by atoms with Gasteiger partial charge in [-0.1, -0.05) is 71.7 Å². The summed E-state index contributed by atoms with van der Waals surface area (Å²) in [5.74, 6) is 1.95. The molecular formula is C39H42Cl2N4O5. The maximum Gasteiger partial charge on any atom is 0.220 e. The lowest BCUT2D eigenvalue weighted by Gasteiger charge is -2.48. The van der Waals surface area contributed by atoms with Crippen molar-refractivity contribution >= 4 is 29.1 Å². The summed E-state index contributed by atoms with van der Waals surface area (Å²) in [6.45, 7) is 6.35. The first-order valence-corrected chi connectivity index (χ1v) is 17.8. The summed E-state index contributed by atoms with van der Waals surface area (Å²) in [7, 11) is 3.25. The van der Waals surface area contributed by atoms with E-state index < -0.39 is 0 Å². The summed E-state index contributed by atoms with van der Waals surface area (Å²) in [5, 5.41) is 14.2. The van der Waals surface area contributed by atoms with E-state index >= 15 is 0 Å². The number of pyridine rings is 1. The van der Waals surface area contributed by atoms with Crippen molar-refractivity contribution in [3.05, 3.63) is 82.3 Å². The second-order valence-electron chi connectivity index (χ2n) is 13.6. The molecule has 0 saturated carbocycles. The fourth-order valence-electron chi connectivity index (χ4n) is 7.60. The normalized spacial score (nSPS) is 20.2. The highest BCUT2D eigenvalue weighted by atomic mass is 35.5. The number of carbonyl (C=O) groups excluding carboxylic acids is 1. The Morgan fingerprint density at radius 1 is 0.940 bits per heavy atom. The van der Waals surface area contributed by atoms with Crippen molar-refractivity contribution < 1.29 is 24.1 Å². The Hall–Kier alpha value is -3.86. The van der Waals surface area contributed by atoms with Gasteiger partial charge in [0, 0.05) is 73.0 Å². The highest BCUT2D eigenvalue weighted by molar-refractivity contribution is 6.39. The Morgan fingerprint density at radius 2 is 1.66 bits per heavy atom. The van der Waals surface area contributed by atoms with Gasteiger partial charge in [-0.2, -0.15) is 0 Å². The van der Waals surface area contributed by atoms with Gasteiger partial charge in [-0.15, -0.1) is 0 Å². The fourth-order valence-corrected chi connectivity index (χ4v) is 8.26. The molecule has 0 radical (unpaired) electrons. The average Bonchev–Trinajstić information content (AvgIpc) is 3.65. The molecule has 4 heterocycles. The zero-order valence-corrected chi connectivity index (χ0v) is 30.1. The molecule has 0 unspecified atom stereocenters. The van der Waals surface area contributed by atoms with Crippen molar-refractivity contribution in [1.82, 2.24) is 20.1 Å². The van der Waals surface area contributed by atoms with E-state index in [0.29, 0.717) is 65.3 Å². The number of nitrogens with zero attached hydrogens (tertiary/aromatic N) is 3. The van der Waals surface area contributed by atoms with Crippen LogP contribution < -0.4 is 19.5 Å². The molecule has 262 valence electrons. The first-order chi connectivity index (χ1) is 24.2. The Morgan fingerprint density at radius 3 is 2.32 bits per heavy atom. The van der Waals surface area contributed by atoms with Crippen LogP contribution in [0.4, 0.5) is 0 Å². The number of likely N-dealkylation sites (tertiary alicyclic amines) is 2. The number of nitrogens with one attached hydrogen (secondary N) is 1. The van der Waals surface area contributed by atoms with E-state index in [9.17, 15) is 9.90 Å².